The second kappa shape index (κ2) is 10.4. The van der Waals surface area contributed by atoms with Crippen molar-refractivity contribution in [1.82, 2.24) is 9.88 Å². The standard InChI is InChI=1S/C24H24FN3O3S/c25-19-6-4-5-18(15-19)21-16-32-24(26-21)27-23(30)17-9-12-28(13-10-17)22(29)11-14-31-20-7-2-1-3-8-20/h1-8,15-17H,9-14H2,(H,26,27,30). The molecule has 2 heterocycles. The van der Waals surface area contributed by atoms with Crippen molar-refractivity contribution < 1.29 is 18.7 Å². The summed E-state index contributed by atoms with van der Waals surface area (Å²) in [5, 5.41) is 5.15. The first kappa shape index (κ1) is 22.0. The maximum absolute atomic E-state index is 13.4. The van der Waals surface area contributed by atoms with Gasteiger partial charge in [0.25, 0.3) is 0 Å². The number of thiazole rings is 1. The second-order valence-electron chi connectivity index (χ2n) is 7.60. The van der Waals surface area contributed by atoms with Gasteiger partial charge in [-0.3, -0.25) is 9.59 Å². The summed E-state index contributed by atoms with van der Waals surface area (Å²) in [6, 6.07) is 15.6. The van der Waals surface area contributed by atoms with Crippen LogP contribution in [0.5, 0.6) is 5.75 Å². The second-order valence-corrected chi connectivity index (χ2v) is 8.46. The van der Waals surface area contributed by atoms with Gasteiger partial charge in [-0.05, 0) is 37.1 Å². The molecule has 8 heteroatoms. The Balaban J connectivity index is 1.22. The van der Waals surface area contributed by atoms with Crippen LogP contribution in [-0.2, 0) is 9.59 Å². The minimum atomic E-state index is -0.325. The van der Waals surface area contributed by atoms with E-state index in [0.717, 1.165) is 5.75 Å². The summed E-state index contributed by atoms with van der Waals surface area (Å²) in [7, 11) is 0. The first-order chi connectivity index (χ1) is 15.6. The first-order valence-corrected chi connectivity index (χ1v) is 11.4. The lowest BCUT2D eigenvalue weighted by Crippen LogP contribution is -2.41. The van der Waals surface area contributed by atoms with Crippen LogP contribution in [0.2, 0.25) is 0 Å². The zero-order valence-corrected chi connectivity index (χ0v) is 18.3. The molecule has 1 saturated heterocycles. The van der Waals surface area contributed by atoms with E-state index in [1.807, 2.05) is 30.3 Å². The van der Waals surface area contributed by atoms with E-state index in [2.05, 4.69) is 10.3 Å². The SMILES string of the molecule is O=C(Nc1nc(-c2cccc(F)c2)cs1)C1CCN(C(=O)CCOc2ccccc2)CC1. The Hall–Kier alpha value is -3.26. The van der Waals surface area contributed by atoms with Gasteiger partial charge in [0.2, 0.25) is 11.8 Å². The Morgan fingerprint density at radius 1 is 1.12 bits per heavy atom. The third-order valence-corrected chi connectivity index (χ3v) is 6.16. The predicted molar refractivity (Wildman–Crippen MR) is 122 cm³/mol. The molecular formula is C24H24FN3O3S. The van der Waals surface area contributed by atoms with E-state index in [-0.39, 0.29) is 23.5 Å². The number of nitrogens with zero attached hydrogens (tertiary/aromatic N) is 2. The number of rotatable bonds is 7. The minimum absolute atomic E-state index is 0.0412. The molecule has 32 heavy (non-hydrogen) atoms. The molecular weight excluding hydrogens is 429 g/mol. The van der Waals surface area contributed by atoms with E-state index in [9.17, 15) is 14.0 Å². The molecule has 166 valence electrons. The fraction of sp³-hybridized carbons (Fsp3) is 0.292. The Morgan fingerprint density at radius 3 is 2.66 bits per heavy atom. The van der Waals surface area contributed by atoms with E-state index in [1.165, 1.54) is 23.5 Å². The maximum Gasteiger partial charge on any atom is 0.229 e. The van der Waals surface area contributed by atoms with Gasteiger partial charge < -0.3 is 15.0 Å². The number of carbonyl (C=O) groups is 2. The number of aromatic nitrogens is 1. The molecule has 0 bridgehead atoms. The van der Waals surface area contributed by atoms with Crippen molar-refractivity contribution in [3.05, 3.63) is 65.8 Å². The Kier molecular flexibility index (Phi) is 7.11. The van der Waals surface area contributed by atoms with Gasteiger partial charge in [0.05, 0.1) is 18.7 Å². The number of benzene rings is 2. The Bertz CT molecular complexity index is 1070. The first-order valence-electron chi connectivity index (χ1n) is 10.6. The molecule has 1 aliphatic heterocycles. The van der Waals surface area contributed by atoms with Gasteiger partial charge in [-0.25, -0.2) is 9.37 Å². The molecule has 0 saturated carbocycles. The van der Waals surface area contributed by atoms with Crippen molar-refractivity contribution in [3.63, 3.8) is 0 Å². The smallest absolute Gasteiger partial charge is 0.229 e. The number of anilines is 1. The topological polar surface area (TPSA) is 71.5 Å². The van der Waals surface area contributed by atoms with Gasteiger partial charge in [-0.15, -0.1) is 11.3 Å². The number of likely N-dealkylation sites (tertiary alicyclic amines) is 1. The molecule has 2 amide bonds. The van der Waals surface area contributed by atoms with Gasteiger partial charge >= 0.3 is 0 Å². The van der Waals surface area contributed by atoms with Crippen molar-refractivity contribution in [2.75, 3.05) is 25.0 Å². The molecule has 0 unspecified atom stereocenters. The number of halogens is 1. The number of piperidine rings is 1. The average Bonchev–Trinajstić information content (AvgIpc) is 3.28. The number of hydrogen-bond acceptors (Lipinski definition) is 5. The van der Waals surface area contributed by atoms with Gasteiger partial charge in [0.1, 0.15) is 11.6 Å². The van der Waals surface area contributed by atoms with Crippen molar-refractivity contribution in [3.8, 4) is 17.0 Å². The largest absolute Gasteiger partial charge is 0.493 e. The molecule has 0 atom stereocenters. The molecule has 0 spiro atoms. The zero-order chi connectivity index (χ0) is 22.3. The quantitative estimate of drug-likeness (QED) is 0.568. The van der Waals surface area contributed by atoms with Crippen LogP contribution in [0, 0.1) is 11.7 Å². The van der Waals surface area contributed by atoms with E-state index >= 15 is 0 Å². The molecule has 4 rings (SSSR count). The van der Waals surface area contributed by atoms with E-state index in [1.54, 1.807) is 22.4 Å². The normalized spacial score (nSPS) is 14.2. The Morgan fingerprint density at radius 2 is 1.91 bits per heavy atom. The molecule has 1 N–H and O–H groups in total. The van der Waals surface area contributed by atoms with E-state index in [0.29, 0.717) is 55.3 Å². The van der Waals surface area contributed by atoms with Crippen LogP contribution in [0.3, 0.4) is 0 Å². The lowest BCUT2D eigenvalue weighted by molar-refractivity contribution is -0.135. The van der Waals surface area contributed by atoms with Crippen LogP contribution in [0.15, 0.2) is 60.0 Å². The lowest BCUT2D eigenvalue weighted by atomic mass is 9.96. The maximum atomic E-state index is 13.4. The summed E-state index contributed by atoms with van der Waals surface area (Å²) in [6.45, 7) is 1.43. The highest BCUT2D eigenvalue weighted by molar-refractivity contribution is 7.14. The van der Waals surface area contributed by atoms with Crippen molar-refractivity contribution in [2.24, 2.45) is 5.92 Å². The van der Waals surface area contributed by atoms with E-state index in [4.69, 9.17) is 4.74 Å². The Labute approximate surface area is 190 Å². The van der Waals surface area contributed by atoms with Crippen molar-refractivity contribution in [1.29, 1.82) is 0 Å². The number of hydrogen-bond donors (Lipinski definition) is 1. The minimum Gasteiger partial charge on any atom is -0.493 e. The number of carbonyl (C=O) groups excluding carboxylic acids is 2. The summed E-state index contributed by atoms with van der Waals surface area (Å²) in [4.78, 5) is 31.3. The molecule has 1 aliphatic rings. The summed E-state index contributed by atoms with van der Waals surface area (Å²) >= 11 is 1.31. The van der Waals surface area contributed by atoms with Crippen molar-refractivity contribution >= 4 is 28.3 Å². The van der Waals surface area contributed by atoms with Crippen LogP contribution in [0.1, 0.15) is 19.3 Å². The summed E-state index contributed by atoms with van der Waals surface area (Å²) < 4.78 is 19.0. The highest BCUT2D eigenvalue weighted by Gasteiger charge is 2.27. The van der Waals surface area contributed by atoms with Gasteiger partial charge in [0, 0.05) is 30.0 Å². The van der Waals surface area contributed by atoms with Gasteiger partial charge in [-0.1, -0.05) is 30.3 Å². The molecule has 0 radical (unpaired) electrons. The van der Waals surface area contributed by atoms with Crippen LogP contribution in [0.4, 0.5) is 9.52 Å². The third-order valence-electron chi connectivity index (χ3n) is 5.40. The number of para-hydroxylation sites is 1. The van der Waals surface area contributed by atoms with Crippen LogP contribution < -0.4 is 10.1 Å². The number of ether oxygens (including phenoxy) is 1. The van der Waals surface area contributed by atoms with Gasteiger partial charge in [0.15, 0.2) is 5.13 Å². The molecule has 1 aromatic heterocycles. The van der Waals surface area contributed by atoms with Crippen molar-refractivity contribution in [2.45, 2.75) is 19.3 Å². The molecule has 3 aromatic rings. The van der Waals surface area contributed by atoms with Crippen LogP contribution in [-0.4, -0.2) is 41.4 Å². The van der Waals surface area contributed by atoms with Gasteiger partial charge in [-0.2, -0.15) is 0 Å². The third kappa shape index (κ3) is 5.70. The highest BCUT2D eigenvalue weighted by Crippen LogP contribution is 2.27. The zero-order valence-electron chi connectivity index (χ0n) is 17.5. The van der Waals surface area contributed by atoms with Crippen LogP contribution >= 0.6 is 11.3 Å². The number of nitrogens with one attached hydrogen (secondary N) is 1. The summed E-state index contributed by atoms with van der Waals surface area (Å²) in [5.41, 5.74) is 1.30. The molecule has 1 fully saturated rings. The van der Waals surface area contributed by atoms with Crippen LogP contribution in [0.25, 0.3) is 11.3 Å². The summed E-state index contributed by atoms with van der Waals surface area (Å²) in [6.07, 6.45) is 1.53. The lowest BCUT2D eigenvalue weighted by Gasteiger charge is -2.31. The fourth-order valence-electron chi connectivity index (χ4n) is 3.64. The molecule has 0 aliphatic carbocycles. The van der Waals surface area contributed by atoms with E-state index < -0.39 is 0 Å². The highest BCUT2D eigenvalue weighted by atomic mass is 32.1. The monoisotopic (exact) mass is 453 g/mol. The molecule has 6 nitrogen and oxygen atoms in total. The fourth-order valence-corrected chi connectivity index (χ4v) is 4.36. The predicted octanol–water partition coefficient (Wildman–Crippen LogP) is 4.60. The summed E-state index contributed by atoms with van der Waals surface area (Å²) in [5.74, 6) is 0.206. The molecule has 2 aromatic carbocycles. The average molecular weight is 454 g/mol. The number of amides is 2.